The van der Waals surface area contributed by atoms with Crippen molar-refractivity contribution in [1.29, 1.82) is 0 Å². The number of methoxy groups -OCH3 is 2. The number of ether oxygens (including phenoxy) is 2. The van der Waals surface area contributed by atoms with Gasteiger partial charge in [-0.25, -0.2) is 0 Å². The van der Waals surface area contributed by atoms with Crippen molar-refractivity contribution in [3.8, 4) is 17.2 Å². The molecule has 0 aromatic heterocycles. The fourth-order valence-electron chi connectivity index (χ4n) is 8.48. The number of aromatic hydroxyl groups is 1. The summed E-state index contributed by atoms with van der Waals surface area (Å²) in [4.78, 5) is 59.6. The molecule has 7 rings (SSSR count). The maximum absolute atomic E-state index is 14.4. The van der Waals surface area contributed by atoms with Gasteiger partial charge >= 0.3 is 0 Å². The Balaban J connectivity index is 1.23. The molecule has 2 aromatic rings. The van der Waals surface area contributed by atoms with Gasteiger partial charge in [0.1, 0.15) is 17.2 Å². The summed E-state index contributed by atoms with van der Waals surface area (Å²) < 4.78 is 11.4. The van der Waals surface area contributed by atoms with Gasteiger partial charge in [-0.05, 0) is 50.2 Å². The molecular formula is C37H38N2O7. The topological polar surface area (TPSA) is 113 Å². The normalized spacial score (nSPS) is 26.8. The van der Waals surface area contributed by atoms with Crippen molar-refractivity contribution in [2.45, 2.75) is 51.1 Å². The third kappa shape index (κ3) is 4.80. The molecule has 0 spiro atoms. The first-order valence-electron chi connectivity index (χ1n) is 16.0. The number of likely N-dealkylation sites (tertiary alicyclic amines) is 2. The van der Waals surface area contributed by atoms with Crippen LogP contribution in [0.5, 0.6) is 17.2 Å². The average molecular weight is 623 g/mol. The Morgan fingerprint density at radius 2 is 1.59 bits per heavy atom. The van der Waals surface area contributed by atoms with Crippen molar-refractivity contribution in [2.75, 3.05) is 27.3 Å². The van der Waals surface area contributed by atoms with Crippen molar-refractivity contribution in [3.63, 3.8) is 0 Å². The summed E-state index contributed by atoms with van der Waals surface area (Å²) in [7, 11) is 2.94. The molecule has 2 aromatic carbocycles. The molecule has 0 saturated carbocycles. The monoisotopic (exact) mass is 622 g/mol. The van der Waals surface area contributed by atoms with Crippen LogP contribution >= 0.6 is 0 Å². The Kier molecular flexibility index (Phi) is 7.67. The van der Waals surface area contributed by atoms with Crippen LogP contribution in [0.25, 0.3) is 0 Å². The van der Waals surface area contributed by atoms with E-state index in [0.717, 1.165) is 25.2 Å². The van der Waals surface area contributed by atoms with E-state index in [2.05, 4.69) is 17.0 Å². The minimum atomic E-state index is -0.737. The minimum Gasteiger partial charge on any atom is -0.508 e. The molecule has 238 valence electrons. The lowest BCUT2D eigenvalue weighted by Crippen LogP contribution is -2.47. The van der Waals surface area contributed by atoms with Crippen LogP contribution in [-0.4, -0.2) is 71.6 Å². The Bertz CT molecular complexity index is 1710. The first kappa shape index (κ1) is 30.2. The van der Waals surface area contributed by atoms with E-state index in [1.807, 2.05) is 24.3 Å². The summed E-state index contributed by atoms with van der Waals surface area (Å²) in [6, 6.07) is 13.0. The number of allylic oxidation sites excluding steroid dienone is 6. The van der Waals surface area contributed by atoms with E-state index in [9.17, 15) is 24.3 Å². The van der Waals surface area contributed by atoms with Crippen LogP contribution in [0.2, 0.25) is 0 Å². The number of Topliss-reactive ketones (excluding diaryl/α,β-unsaturated/α-hetero) is 1. The second-order valence-electron chi connectivity index (χ2n) is 13.0. The number of nitrogens with zero attached hydrogens (tertiary/aromatic N) is 2. The van der Waals surface area contributed by atoms with Gasteiger partial charge in [0.05, 0.1) is 26.1 Å². The zero-order valence-corrected chi connectivity index (χ0v) is 26.3. The lowest BCUT2D eigenvalue weighted by atomic mass is 9.59. The molecular weight excluding hydrogens is 584 g/mol. The number of ketones is 2. The van der Waals surface area contributed by atoms with E-state index < -0.39 is 23.7 Å². The fourth-order valence-corrected chi connectivity index (χ4v) is 8.48. The summed E-state index contributed by atoms with van der Waals surface area (Å²) in [5, 5.41) is 10.4. The number of phenols is 1. The lowest BCUT2D eigenvalue weighted by molar-refractivity contribution is -0.144. The molecule has 2 saturated heterocycles. The Morgan fingerprint density at radius 1 is 0.913 bits per heavy atom. The van der Waals surface area contributed by atoms with Crippen molar-refractivity contribution in [2.24, 2.45) is 17.8 Å². The quantitative estimate of drug-likeness (QED) is 0.285. The zero-order chi connectivity index (χ0) is 32.3. The largest absolute Gasteiger partial charge is 0.508 e. The van der Waals surface area contributed by atoms with E-state index in [4.69, 9.17) is 9.47 Å². The second-order valence-corrected chi connectivity index (χ2v) is 13.0. The molecule has 0 unspecified atom stereocenters. The van der Waals surface area contributed by atoms with Gasteiger partial charge < -0.3 is 14.6 Å². The molecule has 0 bridgehead atoms. The molecule has 2 fully saturated rings. The van der Waals surface area contributed by atoms with Crippen molar-refractivity contribution in [3.05, 3.63) is 88.0 Å². The molecule has 2 heterocycles. The number of imide groups is 1. The van der Waals surface area contributed by atoms with Crippen LogP contribution in [0, 0.1) is 17.8 Å². The van der Waals surface area contributed by atoms with E-state index in [-0.39, 0.29) is 41.6 Å². The predicted octanol–water partition coefficient (Wildman–Crippen LogP) is 4.50. The molecule has 4 atom stereocenters. The molecule has 2 amide bonds. The highest BCUT2D eigenvalue weighted by Crippen LogP contribution is 2.58. The SMILES string of the molecule is COc1cc(O)cc(OC)c1[C@H]1C2=CC[C@@H]3C(=O)N(C4CCN(Cc5ccccc5)CC4)C(=O)[C@@H]3[C@@H]2CC2=C1C(=O)C=C(C)C2=O. The van der Waals surface area contributed by atoms with Gasteiger partial charge in [0.2, 0.25) is 11.8 Å². The molecule has 0 radical (unpaired) electrons. The van der Waals surface area contributed by atoms with Gasteiger partial charge in [0.25, 0.3) is 0 Å². The third-order valence-electron chi connectivity index (χ3n) is 10.6. The molecule has 1 N–H and O–H groups in total. The number of fused-ring (bicyclic) bond motifs is 3. The highest BCUT2D eigenvalue weighted by atomic mass is 16.5. The number of phenolic OH excluding ortho intramolecular Hbond substituents is 1. The number of piperidine rings is 1. The number of hydrogen-bond acceptors (Lipinski definition) is 8. The number of amides is 2. The van der Waals surface area contributed by atoms with Crippen LogP contribution in [0.4, 0.5) is 0 Å². The van der Waals surface area contributed by atoms with Crippen LogP contribution in [0.3, 0.4) is 0 Å². The summed E-state index contributed by atoms with van der Waals surface area (Å²) in [6.45, 7) is 4.05. The van der Waals surface area contributed by atoms with Crippen LogP contribution < -0.4 is 9.47 Å². The van der Waals surface area contributed by atoms with Gasteiger partial charge in [-0.1, -0.05) is 42.0 Å². The summed E-state index contributed by atoms with van der Waals surface area (Å²) in [6.07, 6.45) is 5.36. The lowest BCUT2D eigenvalue weighted by Gasteiger charge is -2.42. The minimum absolute atomic E-state index is 0.0690. The first-order valence-corrected chi connectivity index (χ1v) is 16.0. The number of benzene rings is 2. The van der Waals surface area contributed by atoms with E-state index in [0.29, 0.717) is 53.0 Å². The summed E-state index contributed by atoms with van der Waals surface area (Å²) in [5.74, 6) is -2.59. The molecule has 5 aliphatic rings. The fraction of sp³-hybridized carbons (Fsp3) is 0.405. The van der Waals surface area contributed by atoms with E-state index in [1.54, 1.807) is 6.92 Å². The molecule has 3 aliphatic carbocycles. The standard InChI is InChI=1S/C37H38N2O7/c1-20-15-28(41)32-27(35(20)42)18-26-24(33(32)34-29(45-2)16-23(40)17-30(34)46-3)9-10-25-31(26)37(44)39(36(25)43)22-11-13-38(14-12-22)19-21-7-5-4-6-8-21/h4-9,15-17,22,25-26,31,33,40H,10-14,18-19H2,1-3H3/t25-,26+,31-,33-/m0/s1. The average Bonchev–Trinajstić information content (AvgIpc) is 3.32. The van der Waals surface area contributed by atoms with E-state index >= 15 is 0 Å². The van der Waals surface area contributed by atoms with Crippen molar-refractivity contribution < 1.29 is 33.8 Å². The van der Waals surface area contributed by atoms with Crippen LogP contribution in [0.1, 0.15) is 49.7 Å². The van der Waals surface area contributed by atoms with Crippen molar-refractivity contribution in [1.82, 2.24) is 9.80 Å². The number of rotatable bonds is 6. The van der Waals surface area contributed by atoms with Gasteiger partial charge in [-0.15, -0.1) is 0 Å². The molecule has 2 aliphatic heterocycles. The Hall–Kier alpha value is -4.50. The van der Waals surface area contributed by atoms with Gasteiger partial charge in [-0.2, -0.15) is 0 Å². The second kappa shape index (κ2) is 11.7. The third-order valence-corrected chi connectivity index (χ3v) is 10.6. The summed E-state index contributed by atoms with van der Waals surface area (Å²) >= 11 is 0. The zero-order valence-electron chi connectivity index (χ0n) is 26.3. The number of carbonyl (C=O) groups is 4. The maximum Gasteiger partial charge on any atom is 0.233 e. The predicted molar refractivity (Wildman–Crippen MR) is 169 cm³/mol. The summed E-state index contributed by atoms with van der Waals surface area (Å²) in [5.41, 5.74) is 3.64. The highest BCUT2D eigenvalue weighted by molar-refractivity contribution is 6.24. The number of carbonyl (C=O) groups excluding carboxylic acids is 4. The van der Waals surface area contributed by atoms with Crippen LogP contribution in [-0.2, 0) is 25.7 Å². The first-order chi connectivity index (χ1) is 22.2. The highest BCUT2D eigenvalue weighted by Gasteiger charge is 2.58. The van der Waals surface area contributed by atoms with Gasteiger partial charge in [0, 0.05) is 66.0 Å². The van der Waals surface area contributed by atoms with Gasteiger partial charge in [0.15, 0.2) is 11.6 Å². The smallest absolute Gasteiger partial charge is 0.233 e. The molecule has 9 heteroatoms. The van der Waals surface area contributed by atoms with Crippen LogP contribution in [0.15, 0.2) is 76.9 Å². The maximum atomic E-state index is 14.4. The van der Waals surface area contributed by atoms with Crippen molar-refractivity contribution >= 4 is 23.4 Å². The Morgan fingerprint density at radius 3 is 2.24 bits per heavy atom. The van der Waals surface area contributed by atoms with Gasteiger partial charge in [-0.3, -0.25) is 29.0 Å². The van der Waals surface area contributed by atoms with E-state index in [1.165, 1.54) is 42.9 Å². The Labute approximate surface area is 268 Å². The number of hydrogen-bond donors (Lipinski definition) is 1. The molecule has 9 nitrogen and oxygen atoms in total. The molecule has 46 heavy (non-hydrogen) atoms.